The van der Waals surface area contributed by atoms with Crippen molar-refractivity contribution in [2.75, 3.05) is 13.7 Å². The van der Waals surface area contributed by atoms with Crippen LogP contribution in [0.25, 0.3) is 0 Å². The standard InChI is InChI=1S/C23H34ClNO2/c1-4-5-6-7-9-18(2)23(26)25(21-12-13-21)17-20-16-19(10-8-15-27-3)11-14-22(20)24/h9,11,14,16,21H,4-8,10,12-13,15,17H2,1-3H3. The third-order valence-electron chi connectivity index (χ3n) is 5.11. The van der Waals surface area contributed by atoms with Crippen molar-refractivity contribution in [3.63, 3.8) is 0 Å². The minimum absolute atomic E-state index is 0.162. The maximum absolute atomic E-state index is 13.0. The molecule has 4 heteroatoms. The Morgan fingerprint density at radius 1 is 1.30 bits per heavy atom. The molecule has 0 saturated heterocycles. The fraction of sp³-hybridized carbons (Fsp3) is 0.609. The molecule has 150 valence electrons. The number of ether oxygens (including phenoxy) is 1. The van der Waals surface area contributed by atoms with E-state index in [9.17, 15) is 4.79 Å². The Morgan fingerprint density at radius 3 is 2.74 bits per heavy atom. The summed E-state index contributed by atoms with van der Waals surface area (Å²) >= 11 is 6.45. The van der Waals surface area contributed by atoms with Crippen LogP contribution in [-0.2, 0) is 22.5 Å². The van der Waals surface area contributed by atoms with Gasteiger partial charge in [0.2, 0.25) is 5.91 Å². The Morgan fingerprint density at radius 2 is 2.07 bits per heavy atom. The molecule has 1 saturated carbocycles. The molecule has 1 fully saturated rings. The van der Waals surface area contributed by atoms with Crippen LogP contribution >= 0.6 is 11.6 Å². The number of methoxy groups -OCH3 is 1. The second-order valence-electron chi connectivity index (χ2n) is 7.57. The summed E-state index contributed by atoms with van der Waals surface area (Å²) in [6, 6.07) is 6.55. The lowest BCUT2D eigenvalue weighted by Crippen LogP contribution is -2.33. The molecule has 27 heavy (non-hydrogen) atoms. The van der Waals surface area contributed by atoms with Crippen LogP contribution in [-0.4, -0.2) is 30.6 Å². The van der Waals surface area contributed by atoms with Crippen LogP contribution in [0.4, 0.5) is 0 Å². The molecule has 0 heterocycles. The van der Waals surface area contributed by atoms with Gasteiger partial charge in [-0.05, 0) is 62.6 Å². The van der Waals surface area contributed by atoms with Crippen LogP contribution in [0.1, 0.15) is 69.9 Å². The van der Waals surface area contributed by atoms with E-state index in [0.717, 1.165) is 61.3 Å². The van der Waals surface area contributed by atoms with Gasteiger partial charge < -0.3 is 9.64 Å². The number of hydrogen-bond acceptors (Lipinski definition) is 2. The number of allylic oxidation sites excluding steroid dienone is 1. The van der Waals surface area contributed by atoms with Gasteiger partial charge in [0.05, 0.1) is 0 Å². The smallest absolute Gasteiger partial charge is 0.249 e. The van der Waals surface area contributed by atoms with Gasteiger partial charge in [0.1, 0.15) is 0 Å². The molecule has 1 aromatic carbocycles. The zero-order valence-electron chi connectivity index (χ0n) is 17.1. The van der Waals surface area contributed by atoms with E-state index in [-0.39, 0.29) is 5.91 Å². The number of carbonyl (C=O) groups is 1. The van der Waals surface area contributed by atoms with Gasteiger partial charge in [-0.3, -0.25) is 4.79 Å². The van der Waals surface area contributed by atoms with Gasteiger partial charge in [-0.15, -0.1) is 0 Å². The quantitative estimate of drug-likeness (QED) is 0.326. The highest BCUT2D eigenvalue weighted by Gasteiger charge is 2.33. The number of amides is 1. The molecular formula is C23H34ClNO2. The van der Waals surface area contributed by atoms with Crippen molar-refractivity contribution in [2.45, 2.75) is 77.8 Å². The predicted molar refractivity (Wildman–Crippen MR) is 113 cm³/mol. The van der Waals surface area contributed by atoms with Crippen molar-refractivity contribution in [3.8, 4) is 0 Å². The topological polar surface area (TPSA) is 29.5 Å². The first-order valence-electron chi connectivity index (χ1n) is 10.3. The van der Waals surface area contributed by atoms with E-state index in [1.165, 1.54) is 18.4 Å². The first kappa shape index (κ1) is 22.0. The van der Waals surface area contributed by atoms with Crippen LogP contribution in [0.15, 0.2) is 29.8 Å². The molecular weight excluding hydrogens is 358 g/mol. The monoisotopic (exact) mass is 391 g/mol. The number of halogens is 1. The predicted octanol–water partition coefficient (Wildman–Crippen LogP) is 5.94. The van der Waals surface area contributed by atoms with E-state index in [1.807, 2.05) is 17.9 Å². The van der Waals surface area contributed by atoms with E-state index in [4.69, 9.17) is 16.3 Å². The summed E-state index contributed by atoms with van der Waals surface area (Å²) in [6.45, 7) is 5.50. The molecule has 1 aliphatic carbocycles. The summed E-state index contributed by atoms with van der Waals surface area (Å²) < 4.78 is 5.14. The number of nitrogens with zero attached hydrogens (tertiary/aromatic N) is 1. The number of unbranched alkanes of at least 4 members (excludes halogenated alkanes) is 3. The van der Waals surface area contributed by atoms with Gasteiger partial charge in [0, 0.05) is 36.9 Å². The minimum atomic E-state index is 0.162. The van der Waals surface area contributed by atoms with Gasteiger partial charge in [-0.1, -0.05) is 49.6 Å². The fourth-order valence-electron chi connectivity index (χ4n) is 3.29. The number of rotatable bonds is 12. The zero-order chi connectivity index (χ0) is 19.6. The van der Waals surface area contributed by atoms with Crippen LogP contribution in [0.2, 0.25) is 5.02 Å². The summed E-state index contributed by atoms with van der Waals surface area (Å²) in [7, 11) is 1.73. The largest absolute Gasteiger partial charge is 0.385 e. The average molecular weight is 392 g/mol. The Balaban J connectivity index is 2.05. The van der Waals surface area contributed by atoms with Gasteiger partial charge in [0.25, 0.3) is 0 Å². The summed E-state index contributed by atoms with van der Waals surface area (Å²) in [5.74, 6) is 0.162. The van der Waals surface area contributed by atoms with E-state index in [1.54, 1.807) is 7.11 Å². The van der Waals surface area contributed by atoms with E-state index in [2.05, 4.69) is 25.1 Å². The van der Waals surface area contributed by atoms with Crippen molar-refractivity contribution in [3.05, 3.63) is 46.0 Å². The molecule has 0 N–H and O–H groups in total. The van der Waals surface area contributed by atoms with Crippen molar-refractivity contribution in [1.29, 1.82) is 0 Å². The second kappa shape index (κ2) is 11.5. The molecule has 0 aromatic heterocycles. The molecule has 1 aliphatic rings. The van der Waals surface area contributed by atoms with Gasteiger partial charge in [-0.2, -0.15) is 0 Å². The SMILES string of the molecule is CCCCCC=C(C)C(=O)N(Cc1cc(CCCOC)ccc1Cl)C1CC1. The lowest BCUT2D eigenvalue weighted by atomic mass is 10.1. The number of benzene rings is 1. The Kier molecular flexibility index (Phi) is 9.36. The van der Waals surface area contributed by atoms with Gasteiger partial charge in [0.15, 0.2) is 0 Å². The molecule has 0 unspecified atom stereocenters. The van der Waals surface area contributed by atoms with Crippen molar-refractivity contribution in [1.82, 2.24) is 4.90 Å². The second-order valence-corrected chi connectivity index (χ2v) is 7.98. The highest BCUT2D eigenvalue weighted by atomic mass is 35.5. The third-order valence-corrected chi connectivity index (χ3v) is 5.48. The fourth-order valence-corrected chi connectivity index (χ4v) is 3.47. The van der Waals surface area contributed by atoms with E-state index >= 15 is 0 Å². The maximum Gasteiger partial charge on any atom is 0.249 e. The summed E-state index contributed by atoms with van der Waals surface area (Å²) in [6.07, 6.45) is 10.8. The molecule has 1 aromatic rings. The van der Waals surface area contributed by atoms with Gasteiger partial charge in [-0.25, -0.2) is 0 Å². The average Bonchev–Trinajstić information content (AvgIpc) is 3.50. The maximum atomic E-state index is 13.0. The molecule has 0 bridgehead atoms. The van der Waals surface area contributed by atoms with E-state index < -0.39 is 0 Å². The summed E-state index contributed by atoms with van der Waals surface area (Å²) in [5.41, 5.74) is 3.16. The lowest BCUT2D eigenvalue weighted by Gasteiger charge is -2.24. The van der Waals surface area contributed by atoms with E-state index in [0.29, 0.717) is 12.6 Å². The zero-order valence-corrected chi connectivity index (χ0v) is 17.9. The van der Waals surface area contributed by atoms with Gasteiger partial charge >= 0.3 is 0 Å². The normalized spacial score (nSPS) is 14.4. The van der Waals surface area contributed by atoms with Crippen LogP contribution in [0, 0.1) is 0 Å². The third kappa shape index (κ3) is 7.31. The molecule has 1 amide bonds. The Hall–Kier alpha value is -1.32. The number of hydrogen-bond donors (Lipinski definition) is 0. The molecule has 0 radical (unpaired) electrons. The number of carbonyl (C=O) groups excluding carboxylic acids is 1. The first-order valence-corrected chi connectivity index (χ1v) is 10.7. The van der Waals surface area contributed by atoms with Crippen LogP contribution in [0.3, 0.4) is 0 Å². The molecule has 0 atom stereocenters. The first-order chi connectivity index (χ1) is 13.1. The van der Waals surface area contributed by atoms with Crippen molar-refractivity contribution >= 4 is 17.5 Å². The highest BCUT2D eigenvalue weighted by Crippen LogP contribution is 2.31. The van der Waals surface area contributed by atoms with Crippen molar-refractivity contribution in [2.24, 2.45) is 0 Å². The minimum Gasteiger partial charge on any atom is -0.385 e. The molecule has 0 aliphatic heterocycles. The molecule has 0 spiro atoms. The summed E-state index contributed by atoms with van der Waals surface area (Å²) in [4.78, 5) is 15.0. The molecule has 2 rings (SSSR count). The lowest BCUT2D eigenvalue weighted by molar-refractivity contribution is -0.128. The van der Waals surface area contributed by atoms with Crippen LogP contribution in [0.5, 0.6) is 0 Å². The van der Waals surface area contributed by atoms with Crippen LogP contribution < -0.4 is 0 Å². The summed E-state index contributed by atoms with van der Waals surface area (Å²) in [5, 5.41) is 0.744. The Labute approximate surface area is 169 Å². The number of aryl methyl sites for hydroxylation is 1. The molecule has 3 nitrogen and oxygen atoms in total. The van der Waals surface area contributed by atoms with Crippen molar-refractivity contribution < 1.29 is 9.53 Å². The Bertz CT molecular complexity index is 637. The highest BCUT2D eigenvalue weighted by molar-refractivity contribution is 6.31.